The fourth-order valence-electron chi connectivity index (χ4n) is 2.92. The lowest BCUT2D eigenvalue weighted by Gasteiger charge is -2.08. The highest BCUT2D eigenvalue weighted by Gasteiger charge is 2.13. The Balaban J connectivity index is 1.44. The number of esters is 1. The van der Waals surface area contributed by atoms with Crippen LogP contribution in [0.3, 0.4) is 0 Å². The number of ether oxygens (including phenoxy) is 1. The van der Waals surface area contributed by atoms with Crippen molar-refractivity contribution in [2.24, 2.45) is 0 Å². The summed E-state index contributed by atoms with van der Waals surface area (Å²) in [7, 11) is 0. The van der Waals surface area contributed by atoms with Crippen molar-refractivity contribution in [2.45, 2.75) is 19.8 Å². The number of nitrogens with zero attached hydrogens (tertiary/aromatic N) is 2. The highest BCUT2D eigenvalue weighted by atomic mass is 19.1. The third kappa shape index (κ3) is 6.45. The van der Waals surface area contributed by atoms with E-state index in [-0.39, 0.29) is 36.7 Å². The van der Waals surface area contributed by atoms with Gasteiger partial charge in [0.05, 0.1) is 17.9 Å². The maximum absolute atomic E-state index is 13.6. The molecule has 3 rings (SSSR count). The summed E-state index contributed by atoms with van der Waals surface area (Å²) in [5.41, 5.74) is 1.20. The third-order valence-electron chi connectivity index (χ3n) is 4.53. The molecule has 0 fully saturated rings. The van der Waals surface area contributed by atoms with Crippen molar-refractivity contribution < 1.29 is 27.9 Å². The number of halogens is 2. The zero-order valence-corrected chi connectivity index (χ0v) is 17.8. The molecule has 2 aromatic carbocycles. The molecule has 0 atom stereocenters. The van der Waals surface area contributed by atoms with Gasteiger partial charge in [0.25, 0.3) is 5.91 Å². The van der Waals surface area contributed by atoms with Gasteiger partial charge in [-0.1, -0.05) is 0 Å². The topological polar surface area (TPSA) is 102 Å². The molecule has 0 saturated heterocycles. The normalized spacial score (nSPS) is 10.5. The van der Waals surface area contributed by atoms with Crippen LogP contribution < -0.4 is 10.6 Å². The highest BCUT2D eigenvalue weighted by Crippen LogP contribution is 2.14. The summed E-state index contributed by atoms with van der Waals surface area (Å²) >= 11 is 0. The predicted octanol–water partition coefficient (Wildman–Crippen LogP) is 3.48. The summed E-state index contributed by atoms with van der Waals surface area (Å²) in [6, 6.07) is 11.1. The summed E-state index contributed by atoms with van der Waals surface area (Å²) < 4.78 is 32.9. The minimum absolute atomic E-state index is 0.135. The van der Waals surface area contributed by atoms with Gasteiger partial charge in [-0.15, -0.1) is 0 Å². The third-order valence-corrected chi connectivity index (χ3v) is 4.53. The number of carbonyl (C=O) groups excluding carboxylic acids is 3. The van der Waals surface area contributed by atoms with E-state index in [1.54, 1.807) is 43.5 Å². The van der Waals surface area contributed by atoms with E-state index in [4.69, 9.17) is 4.74 Å². The molecule has 0 unspecified atom stereocenters. The molecule has 0 spiro atoms. The molecule has 0 aliphatic carbocycles. The maximum Gasteiger partial charge on any atom is 0.358 e. The van der Waals surface area contributed by atoms with Crippen LogP contribution in [0.4, 0.5) is 14.5 Å². The van der Waals surface area contributed by atoms with Crippen molar-refractivity contribution in [1.29, 1.82) is 0 Å². The molecule has 0 aliphatic rings. The van der Waals surface area contributed by atoms with Crippen molar-refractivity contribution in [3.05, 3.63) is 77.6 Å². The van der Waals surface area contributed by atoms with E-state index in [1.807, 2.05) is 0 Å². The number of benzene rings is 2. The van der Waals surface area contributed by atoms with E-state index in [9.17, 15) is 23.2 Å². The summed E-state index contributed by atoms with van der Waals surface area (Å²) in [5, 5.41) is 9.40. The lowest BCUT2D eigenvalue weighted by molar-refractivity contribution is -0.116. The second-order valence-electron chi connectivity index (χ2n) is 6.94. The van der Waals surface area contributed by atoms with Gasteiger partial charge in [-0.2, -0.15) is 5.10 Å². The average Bonchev–Trinajstić information content (AvgIpc) is 3.28. The molecule has 2 amide bonds. The number of carbonyl (C=O) groups is 3. The Hall–Kier alpha value is -4.08. The summed E-state index contributed by atoms with van der Waals surface area (Å²) in [5.74, 6) is -3.14. The molecule has 10 heteroatoms. The van der Waals surface area contributed by atoms with Gasteiger partial charge in [-0.3, -0.25) is 9.59 Å². The van der Waals surface area contributed by atoms with Crippen LogP contribution in [0.2, 0.25) is 0 Å². The van der Waals surface area contributed by atoms with E-state index in [0.29, 0.717) is 23.9 Å². The standard InChI is InChI=1S/C23H22F2N4O4/c1-2-33-23(32)20-11-13-29(28-20)17-8-6-16(7-9-17)27-21(30)4-3-12-26-22(31)18-10-5-15(24)14-19(18)25/h5-11,13-14H,2-4,12H2,1H3,(H,26,31)(H,27,30). The molecule has 2 N–H and O–H groups in total. The Labute approximate surface area is 188 Å². The molecule has 8 nitrogen and oxygen atoms in total. The van der Waals surface area contributed by atoms with Crippen LogP contribution in [0, 0.1) is 11.6 Å². The molecule has 0 saturated carbocycles. The van der Waals surface area contributed by atoms with Gasteiger partial charge in [-0.25, -0.2) is 18.3 Å². The number of aromatic nitrogens is 2. The molecule has 1 heterocycles. The van der Waals surface area contributed by atoms with Gasteiger partial charge < -0.3 is 15.4 Å². The Kier molecular flexibility index (Phi) is 7.85. The predicted molar refractivity (Wildman–Crippen MR) is 116 cm³/mol. The first-order valence-electron chi connectivity index (χ1n) is 10.2. The van der Waals surface area contributed by atoms with Crippen LogP contribution in [0.5, 0.6) is 0 Å². The molecular formula is C23H22F2N4O4. The molecule has 33 heavy (non-hydrogen) atoms. The van der Waals surface area contributed by atoms with Crippen molar-refractivity contribution in [3.63, 3.8) is 0 Å². The first-order valence-corrected chi connectivity index (χ1v) is 10.2. The fraction of sp³-hybridized carbons (Fsp3) is 0.217. The number of anilines is 1. The van der Waals surface area contributed by atoms with Crippen LogP contribution in [-0.4, -0.2) is 40.7 Å². The van der Waals surface area contributed by atoms with Crippen LogP contribution in [-0.2, 0) is 9.53 Å². The molecule has 0 radical (unpaired) electrons. The van der Waals surface area contributed by atoms with Crippen molar-refractivity contribution in [2.75, 3.05) is 18.5 Å². The van der Waals surface area contributed by atoms with Crippen molar-refractivity contribution >= 4 is 23.5 Å². The first kappa shape index (κ1) is 23.6. The zero-order chi connectivity index (χ0) is 23.8. The van der Waals surface area contributed by atoms with E-state index >= 15 is 0 Å². The smallest absolute Gasteiger partial charge is 0.358 e. The number of amides is 2. The first-order chi connectivity index (χ1) is 15.9. The van der Waals surface area contributed by atoms with Crippen LogP contribution >= 0.6 is 0 Å². The zero-order valence-electron chi connectivity index (χ0n) is 17.8. The van der Waals surface area contributed by atoms with Crippen LogP contribution in [0.25, 0.3) is 5.69 Å². The van der Waals surface area contributed by atoms with Crippen molar-refractivity contribution in [3.8, 4) is 5.69 Å². The number of rotatable bonds is 9. The molecule has 1 aromatic heterocycles. The summed E-state index contributed by atoms with van der Waals surface area (Å²) in [6.45, 7) is 2.14. The van der Waals surface area contributed by atoms with Gasteiger partial charge in [0.2, 0.25) is 5.91 Å². The van der Waals surface area contributed by atoms with Crippen LogP contribution in [0.15, 0.2) is 54.7 Å². The van der Waals surface area contributed by atoms with Crippen LogP contribution in [0.1, 0.15) is 40.6 Å². The molecule has 0 bridgehead atoms. The number of hydrogen-bond acceptors (Lipinski definition) is 5. The molecule has 172 valence electrons. The second-order valence-corrected chi connectivity index (χ2v) is 6.94. The van der Waals surface area contributed by atoms with E-state index in [0.717, 1.165) is 12.1 Å². The molecule has 3 aromatic rings. The quantitative estimate of drug-likeness (QED) is 0.379. The molecule has 0 aliphatic heterocycles. The van der Waals surface area contributed by atoms with Gasteiger partial charge in [0.1, 0.15) is 11.6 Å². The number of nitrogens with one attached hydrogen (secondary N) is 2. The van der Waals surface area contributed by atoms with E-state index < -0.39 is 23.5 Å². The second kappa shape index (κ2) is 11.0. The Bertz CT molecular complexity index is 1150. The largest absolute Gasteiger partial charge is 0.461 e. The van der Waals surface area contributed by atoms with Gasteiger partial charge in [0.15, 0.2) is 5.69 Å². The maximum atomic E-state index is 13.6. The van der Waals surface area contributed by atoms with Gasteiger partial charge in [0, 0.05) is 30.9 Å². The van der Waals surface area contributed by atoms with E-state index in [2.05, 4.69) is 15.7 Å². The summed E-state index contributed by atoms with van der Waals surface area (Å²) in [6.07, 6.45) is 2.10. The van der Waals surface area contributed by atoms with Crippen molar-refractivity contribution in [1.82, 2.24) is 15.1 Å². The molecular weight excluding hydrogens is 434 g/mol. The average molecular weight is 456 g/mol. The van der Waals surface area contributed by atoms with Gasteiger partial charge >= 0.3 is 5.97 Å². The van der Waals surface area contributed by atoms with E-state index in [1.165, 1.54) is 4.68 Å². The Morgan fingerprint density at radius 1 is 1.06 bits per heavy atom. The monoisotopic (exact) mass is 456 g/mol. The SMILES string of the molecule is CCOC(=O)c1ccn(-c2ccc(NC(=O)CCCNC(=O)c3ccc(F)cc3F)cc2)n1. The fourth-order valence-corrected chi connectivity index (χ4v) is 2.92. The summed E-state index contributed by atoms with van der Waals surface area (Å²) in [4.78, 5) is 35.8. The highest BCUT2D eigenvalue weighted by molar-refractivity contribution is 5.94. The Morgan fingerprint density at radius 3 is 2.52 bits per heavy atom. The minimum atomic E-state index is -0.944. The van der Waals surface area contributed by atoms with Gasteiger partial charge in [-0.05, 0) is 55.8 Å². The lowest BCUT2D eigenvalue weighted by atomic mass is 10.2. The Morgan fingerprint density at radius 2 is 1.82 bits per heavy atom. The minimum Gasteiger partial charge on any atom is -0.461 e. The number of hydrogen-bond donors (Lipinski definition) is 2. The lowest BCUT2D eigenvalue weighted by Crippen LogP contribution is -2.26.